The molecular formula is C13H17ClN4S. The second kappa shape index (κ2) is 5.75. The molecule has 6 heteroatoms. The van der Waals surface area contributed by atoms with Crippen LogP contribution >= 0.6 is 22.9 Å². The molecule has 0 aliphatic heterocycles. The van der Waals surface area contributed by atoms with Gasteiger partial charge in [0.05, 0.1) is 17.9 Å². The fourth-order valence-electron chi connectivity index (χ4n) is 1.82. The maximum absolute atomic E-state index is 6.10. The smallest absolute Gasteiger partial charge is 0.224 e. The van der Waals surface area contributed by atoms with Gasteiger partial charge in [0.2, 0.25) is 5.28 Å². The number of nitrogen functional groups attached to an aromatic ring is 1. The summed E-state index contributed by atoms with van der Waals surface area (Å²) in [6, 6.07) is 4.42. The molecule has 0 aliphatic rings. The minimum absolute atomic E-state index is 0.235. The van der Waals surface area contributed by atoms with Crippen LogP contribution in [0.4, 0.5) is 11.5 Å². The molecule has 0 aromatic carbocycles. The molecule has 4 nitrogen and oxygen atoms in total. The Kier molecular flexibility index (Phi) is 4.27. The van der Waals surface area contributed by atoms with Gasteiger partial charge in [0, 0.05) is 10.9 Å². The lowest BCUT2D eigenvalue weighted by molar-refractivity contribution is 0.676. The monoisotopic (exact) mass is 296 g/mol. The minimum Gasteiger partial charge on any atom is -0.394 e. The highest BCUT2D eigenvalue weighted by atomic mass is 35.5. The van der Waals surface area contributed by atoms with Crippen molar-refractivity contribution in [1.82, 2.24) is 9.97 Å². The van der Waals surface area contributed by atoms with Crippen molar-refractivity contribution in [2.45, 2.75) is 33.4 Å². The van der Waals surface area contributed by atoms with Gasteiger partial charge in [0.15, 0.2) is 5.82 Å². The van der Waals surface area contributed by atoms with E-state index in [1.54, 1.807) is 11.3 Å². The van der Waals surface area contributed by atoms with E-state index < -0.39 is 0 Å². The molecule has 2 aromatic heterocycles. The SMILES string of the molecule is Cc1nc(Cl)nc(N(Cc2cccs2)C(C)C)c1N. The summed E-state index contributed by atoms with van der Waals surface area (Å²) >= 11 is 7.67. The molecule has 2 N–H and O–H groups in total. The van der Waals surface area contributed by atoms with E-state index in [0.29, 0.717) is 17.2 Å². The van der Waals surface area contributed by atoms with Crippen molar-refractivity contribution in [2.75, 3.05) is 10.6 Å². The van der Waals surface area contributed by atoms with Crippen LogP contribution in [-0.2, 0) is 6.54 Å². The predicted octanol–water partition coefficient (Wildman–Crippen LogP) is 3.50. The quantitative estimate of drug-likeness (QED) is 0.877. The van der Waals surface area contributed by atoms with Gasteiger partial charge in [-0.15, -0.1) is 11.3 Å². The van der Waals surface area contributed by atoms with E-state index in [2.05, 4.69) is 40.2 Å². The van der Waals surface area contributed by atoms with Gasteiger partial charge in [-0.1, -0.05) is 6.07 Å². The van der Waals surface area contributed by atoms with Crippen LogP contribution in [-0.4, -0.2) is 16.0 Å². The Balaban J connectivity index is 2.39. The zero-order valence-corrected chi connectivity index (χ0v) is 12.8. The largest absolute Gasteiger partial charge is 0.394 e. The Morgan fingerprint density at radius 3 is 2.74 bits per heavy atom. The van der Waals surface area contributed by atoms with Crippen LogP contribution in [0.1, 0.15) is 24.4 Å². The number of aromatic nitrogens is 2. The predicted molar refractivity (Wildman–Crippen MR) is 81.8 cm³/mol. The molecule has 0 unspecified atom stereocenters. The Hall–Kier alpha value is -1.33. The lowest BCUT2D eigenvalue weighted by atomic mass is 10.2. The first kappa shape index (κ1) is 14.1. The second-order valence-corrected chi connectivity index (χ2v) is 5.99. The van der Waals surface area contributed by atoms with Crippen molar-refractivity contribution in [3.05, 3.63) is 33.4 Å². The molecule has 0 saturated carbocycles. The van der Waals surface area contributed by atoms with Crippen molar-refractivity contribution in [3.63, 3.8) is 0 Å². The summed E-state index contributed by atoms with van der Waals surface area (Å²) in [5.41, 5.74) is 7.40. The van der Waals surface area contributed by atoms with Crippen molar-refractivity contribution < 1.29 is 0 Å². The van der Waals surface area contributed by atoms with Crippen molar-refractivity contribution >= 4 is 34.4 Å². The summed E-state index contributed by atoms with van der Waals surface area (Å²) in [4.78, 5) is 11.8. The highest BCUT2D eigenvalue weighted by Gasteiger charge is 2.18. The molecule has 19 heavy (non-hydrogen) atoms. The lowest BCUT2D eigenvalue weighted by Crippen LogP contribution is -2.31. The number of nitrogens with two attached hydrogens (primary N) is 1. The van der Waals surface area contributed by atoms with E-state index in [1.165, 1.54) is 4.88 Å². The Morgan fingerprint density at radius 2 is 2.16 bits per heavy atom. The number of halogens is 1. The maximum atomic E-state index is 6.10. The van der Waals surface area contributed by atoms with Crippen LogP contribution in [0.25, 0.3) is 0 Å². The molecule has 2 aromatic rings. The standard InChI is InChI=1S/C13H17ClN4S/c1-8(2)18(7-10-5-4-6-19-10)12-11(15)9(3)16-13(14)17-12/h4-6,8H,7,15H2,1-3H3. The van der Waals surface area contributed by atoms with E-state index in [0.717, 1.165) is 6.54 Å². The van der Waals surface area contributed by atoms with Gasteiger partial charge >= 0.3 is 0 Å². The Morgan fingerprint density at radius 1 is 1.42 bits per heavy atom. The summed E-state index contributed by atoms with van der Waals surface area (Å²) in [7, 11) is 0. The van der Waals surface area contributed by atoms with Gasteiger partial charge < -0.3 is 10.6 Å². The molecule has 2 rings (SSSR count). The van der Waals surface area contributed by atoms with Crippen molar-refractivity contribution in [2.24, 2.45) is 0 Å². The molecular weight excluding hydrogens is 280 g/mol. The topological polar surface area (TPSA) is 55.0 Å². The summed E-state index contributed by atoms with van der Waals surface area (Å²) in [5, 5.41) is 2.30. The lowest BCUT2D eigenvalue weighted by Gasteiger charge is -2.28. The normalized spacial score (nSPS) is 11.0. The highest BCUT2D eigenvalue weighted by molar-refractivity contribution is 7.09. The number of hydrogen-bond donors (Lipinski definition) is 1. The number of anilines is 2. The fourth-order valence-corrected chi connectivity index (χ4v) is 2.73. The maximum Gasteiger partial charge on any atom is 0.224 e. The zero-order chi connectivity index (χ0) is 14.0. The molecule has 2 heterocycles. The van der Waals surface area contributed by atoms with Gasteiger partial charge in [-0.25, -0.2) is 4.98 Å². The number of hydrogen-bond acceptors (Lipinski definition) is 5. The molecule has 0 atom stereocenters. The zero-order valence-electron chi connectivity index (χ0n) is 11.2. The van der Waals surface area contributed by atoms with Gasteiger partial charge in [-0.05, 0) is 43.8 Å². The molecule has 0 radical (unpaired) electrons. The first-order valence-corrected chi connectivity index (χ1v) is 7.33. The van der Waals surface area contributed by atoms with Crippen LogP contribution in [0, 0.1) is 6.92 Å². The van der Waals surface area contributed by atoms with Crippen molar-refractivity contribution in [3.8, 4) is 0 Å². The highest BCUT2D eigenvalue weighted by Crippen LogP contribution is 2.28. The van der Waals surface area contributed by atoms with Gasteiger partial charge in [0.1, 0.15) is 0 Å². The Bertz CT molecular complexity index is 554. The molecule has 0 bridgehead atoms. The first-order valence-electron chi connectivity index (χ1n) is 6.07. The molecule has 0 aliphatic carbocycles. The van der Waals surface area contributed by atoms with Crippen LogP contribution in [0.3, 0.4) is 0 Å². The molecule has 0 spiro atoms. The summed E-state index contributed by atoms with van der Waals surface area (Å²) < 4.78 is 0. The van der Waals surface area contributed by atoms with E-state index in [4.69, 9.17) is 17.3 Å². The molecule has 0 amide bonds. The third-order valence-corrected chi connectivity index (χ3v) is 3.92. The summed E-state index contributed by atoms with van der Waals surface area (Å²) in [6.07, 6.45) is 0. The Labute approximate surface area is 122 Å². The molecule has 0 fully saturated rings. The molecule has 102 valence electrons. The summed E-state index contributed by atoms with van der Waals surface area (Å²) in [6.45, 7) is 6.83. The average molecular weight is 297 g/mol. The first-order chi connectivity index (χ1) is 8.99. The van der Waals surface area contributed by atoms with Crippen LogP contribution < -0.4 is 10.6 Å². The van der Waals surface area contributed by atoms with E-state index in [1.807, 2.05) is 13.0 Å². The van der Waals surface area contributed by atoms with Crippen LogP contribution in [0.2, 0.25) is 5.28 Å². The van der Waals surface area contributed by atoms with Crippen LogP contribution in [0.5, 0.6) is 0 Å². The van der Waals surface area contributed by atoms with Gasteiger partial charge in [-0.3, -0.25) is 0 Å². The third-order valence-electron chi connectivity index (χ3n) is 2.89. The third kappa shape index (κ3) is 3.16. The number of rotatable bonds is 4. The van der Waals surface area contributed by atoms with Gasteiger partial charge in [-0.2, -0.15) is 4.98 Å². The van der Waals surface area contributed by atoms with Crippen molar-refractivity contribution in [1.29, 1.82) is 0 Å². The van der Waals surface area contributed by atoms with E-state index in [9.17, 15) is 0 Å². The fraction of sp³-hybridized carbons (Fsp3) is 0.385. The summed E-state index contributed by atoms with van der Waals surface area (Å²) in [5.74, 6) is 0.709. The van der Waals surface area contributed by atoms with Gasteiger partial charge in [0.25, 0.3) is 0 Å². The number of thiophene rings is 1. The molecule has 0 saturated heterocycles. The van der Waals surface area contributed by atoms with Crippen LogP contribution in [0.15, 0.2) is 17.5 Å². The van der Waals surface area contributed by atoms with E-state index in [-0.39, 0.29) is 11.3 Å². The second-order valence-electron chi connectivity index (χ2n) is 4.62. The number of aryl methyl sites for hydroxylation is 1. The number of nitrogens with zero attached hydrogens (tertiary/aromatic N) is 3. The minimum atomic E-state index is 0.235. The van der Waals surface area contributed by atoms with E-state index >= 15 is 0 Å². The average Bonchev–Trinajstić information content (AvgIpc) is 2.83.